The zero-order valence-corrected chi connectivity index (χ0v) is 24.0. The molecule has 0 fully saturated rings. The molecule has 3 N–H and O–H groups in total. The van der Waals surface area contributed by atoms with E-state index in [4.69, 9.17) is 11.6 Å². The molecule has 0 aliphatic heterocycles. The lowest BCUT2D eigenvalue weighted by Gasteiger charge is -2.15. The number of amides is 3. The van der Waals surface area contributed by atoms with Gasteiger partial charge in [-0.1, -0.05) is 31.5 Å². The molecule has 4 aromatic rings. The fourth-order valence-corrected chi connectivity index (χ4v) is 4.53. The molecule has 0 radical (unpaired) electrons. The molecule has 2 aromatic heterocycles. The van der Waals surface area contributed by atoms with E-state index in [-0.39, 0.29) is 46.4 Å². The maximum Gasteiger partial charge on any atom is 0.433 e. The van der Waals surface area contributed by atoms with E-state index in [1.807, 2.05) is 13.8 Å². The number of hydrogen-bond acceptors (Lipinski definition) is 4. The fourth-order valence-electron chi connectivity index (χ4n) is 4.32. The highest BCUT2D eigenvalue weighted by Crippen LogP contribution is 2.30. The summed E-state index contributed by atoms with van der Waals surface area (Å²) in [6.07, 6.45) is -3.63. The number of carbonyl (C=O) groups excluding carboxylic acids is 3. The van der Waals surface area contributed by atoms with Crippen LogP contribution in [-0.2, 0) is 17.5 Å². The number of pyridine rings is 1. The number of halogens is 4. The predicted octanol–water partition coefficient (Wildman–Crippen LogP) is 7.07. The molecule has 42 heavy (non-hydrogen) atoms. The lowest BCUT2D eigenvalue weighted by atomic mass is 10.1. The number of fused-ring (bicyclic) bond motifs is 1. The van der Waals surface area contributed by atoms with Crippen molar-refractivity contribution in [2.75, 3.05) is 10.6 Å². The molecular formula is C30H29ClF3N5O3. The minimum atomic E-state index is -4.58. The van der Waals surface area contributed by atoms with Gasteiger partial charge in [-0.15, -0.1) is 0 Å². The number of benzene rings is 2. The first-order valence-electron chi connectivity index (χ1n) is 13.1. The van der Waals surface area contributed by atoms with Crippen molar-refractivity contribution in [1.82, 2.24) is 14.9 Å². The maximum atomic E-state index is 13.1. The Balaban J connectivity index is 1.55. The second kappa shape index (κ2) is 12.2. The normalized spacial score (nSPS) is 11.7. The van der Waals surface area contributed by atoms with Crippen molar-refractivity contribution in [2.45, 2.75) is 46.5 Å². The van der Waals surface area contributed by atoms with Crippen LogP contribution < -0.4 is 16.0 Å². The molecule has 2 heterocycles. The summed E-state index contributed by atoms with van der Waals surface area (Å²) in [6, 6.07) is 13.6. The van der Waals surface area contributed by atoms with E-state index in [2.05, 4.69) is 20.9 Å². The lowest BCUT2D eigenvalue weighted by Crippen LogP contribution is -2.27. The molecule has 0 aliphatic rings. The maximum absolute atomic E-state index is 13.1. The first-order chi connectivity index (χ1) is 19.7. The van der Waals surface area contributed by atoms with E-state index in [9.17, 15) is 27.6 Å². The van der Waals surface area contributed by atoms with Gasteiger partial charge >= 0.3 is 6.18 Å². The zero-order chi connectivity index (χ0) is 30.8. The Bertz CT molecular complexity index is 1650. The largest absolute Gasteiger partial charge is 0.433 e. The summed E-state index contributed by atoms with van der Waals surface area (Å²) in [4.78, 5) is 41.6. The average molecular weight is 600 g/mol. The number of rotatable bonds is 8. The third-order valence-electron chi connectivity index (χ3n) is 6.42. The van der Waals surface area contributed by atoms with Crippen LogP contribution in [0.15, 0.2) is 60.8 Å². The Morgan fingerprint density at radius 2 is 1.60 bits per heavy atom. The quantitative estimate of drug-likeness (QED) is 0.201. The van der Waals surface area contributed by atoms with Crippen molar-refractivity contribution >= 4 is 51.6 Å². The van der Waals surface area contributed by atoms with Gasteiger partial charge in [-0.3, -0.25) is 14.4 Å². The van der Waals surface area contributed by atoms with Crippen LogP contribution >= 0.6 is 11.6 Å². The first-order valence-corrected chi connectivity index (χ1v) is 13.5. The van der Waals surface area contributed by atoms with Gasteiger partial charge < -0.3 is 20.5 Å². The van der Waals surface area contributed by atoms with Gasteiger partial charge in [0.15, 0.2) is 0 Å². The summed E-state index contributed by atoms with van der Waals surface area (Å²) in [6.45, 7) is 7.60. The van der Waals surface area contributed by atoms with Crippen molar-refractivity contribution in [3.63, 3.8) is 0 Å². The molecule has 0 unspecified atom stereocenters. The van der Waals surface area contributed by atoms with Gasteiger partial charge in [0.25, 0.3) is 11.8 Å². The van der Waals surface area contributed by atoms with Gasteiger partial charge in [0.1, 0.15) is 11.4 Å². The summed E-state index contributed by atoms with van der Waals surface area (Å²) in [5.41, 5.74) is 1.46. The van der Waals surface area contributed by atoms with Crippen LogP contribution in [0.25, 0.3) is 10.9 Å². The number of anilines is 2. The van der Waals surface area contributed by atoms with Gasteiger partial charge in [0.2, 0.25) is 5.91 Å². The Hall–Kier alpha value is -4.38. The summed E-state index contributed by atoms with van der Waals surface area (Å²) in [5.74, 6) is -1.26. The Kier molecular flexibility index (Phi) is 8.91. The summed E-state index contributed by atoms with van der Waals surface area (Å²) in [7, 11) is 0. The lowest BCUT2D eigenvalue weighted by molar-refractivity contribution is -0.141. The molecule has 0 saturated carbocycles. The van der Waals surface area contributed by atoms with Gasteiger partial charge in [-0.25, -0.2) is 4.98 Å². The number of aromatic nitrogens is 2. The second-order valence-corrected chi connectivity index (χ2v) is 10.7. The van der Waals surface area contributed by atoms with E-state index in [0.29, 0.717) is 16.6 Å². The van der Waals surface area contributed by atoms with Crippen molar-refractivity contribution < 1.29 is 27.6 Å². The number of hydrogen-bond donors (Lipinski definition) is 3. The van der Waals surface area contributed by atoms with E-state index < -0.39 is 23.7 Å². The summed E-state index contributed by atoms with van der Waals surface area (Å²) in [5, 5.41) is 9.13. The number of nitrogens with zero attached hydrogens (tertiary/aromatic N) is 2. The molecule has 2 aromatic carbocycles. The Labute approximate surface area is 245 Å². The Morgan fingerprint density at radius 1 is 0.905 bits per heavy atom. The predicted molar refractivity (Wildman–Crippen MR) is 156 cm³/mol. The zero-order valence-electron chi connectivity index (χ0n) is 23.3. The molecule has 0 atom stereocenters. The summed E-state index contributed by atoms with van der Waals surface area (Å²) < 4.78 is 40.3. The monoisotopic (exact) mass is 599 g/mol. The second-order valence-electron chi connectivity index (χ2n) is 10.3. The van der Waals surface area contributed by atoms with E-state index in [1.165, 1.54) is 0 Å². The SMILES string of the molecule is CC(C)C(=O)NCc1ccc(Cl)c(C(=O)Nc2ccc3c(c2)cc(C(=O)Nc2ccc(C(F)(F)F)nc2)n3C(C)C)c1. The molecule has 0 aliphatic carbocycles. The molecule has 0 saturated heterocycles. The third kappa shape index (κ3) is 6.91. The van der Waals surface area contributed by atoms with Crippen LogP contribution in [0.3, 0.4) is 0 Å². The van der Waals surface area contributed by atoms with Gasteiger partial charge in [0, 0.05) is 35.1 Å². The Morgan fingerprint density at radius 3 is 2.21 bits per heavy atom. The number of carbonyl (C=O) groups is 3. The van der Waals surface area contributed by atoms with E-state index >= 15 is 0 Å². The van der Waals surface area contributed by atoms with Crippen molar-refractivity contribution in [3.05, 3.63) is 88.3 Å². The van der Waals surface area contributed by atoms with Gasteiger partial charge in [-0.05, 0) is 67.9 Å². The highest BCUT2D eigenvalue weighted by Gasteiger charge is 2.32. The summed E-state index contributed by atoms with van der Waals surface area (Å²) >= 11 is 6.30. The van der Waals surface area contributed by atoms with Crippen LogP contribution in [0.4, 0.5) is 24.5 Å². The minimum absolute atomic E-state index is 0.110. The first kappa shape index (κ1) is 30.6. The highest BCUT2D eigenvalue weighted by molar-refractivity contribution is 6.34. The van der Waals surface area contributed by atoms with Crippen LogP contribution in [0.1, 0.15) is 65.8 Å². The molecule has 12 heteroatoms. The molecule has 8 nitrogen and oxygen atoms in total. The molecule has 4 rings (SSSR count). The van der Waals surface area contributed by atoms with Crippen molar-refractivity contribution in [2.24, 2.45) is 5.92 Å². The third-order valence-corrected chi connectivity index (χ3v) is 6.75. The molecule has 0 spiro atoms. The van der Waals surface area contributed by atoms with E-state index in [1.54, 1.807) is 60.9 Å². The topological polar surface area (TPSA) is 105 Å². The smallest absolute Gasteiger partial charge is 0.352 e. The van der Waals surface area contributed by atoms with Gasteiger partial charge in [-0.2, -0.15) is 13.2 Å². The van der Waals surface area contributed by atoms with Crippen molar-refractivity contribution in [1.29, 1.82) is 0 Å². The van der Waals surface area contributed by atoms with E-state index in [0.717, 1.165) is 23.8 Å². The van der Waals surface area contributed by atoms with Crippen LogP contribution in [0, 0.1) is 5.92 Å². The number of nitrogens with one attached hydrogen (secondary N) is 3. The molecular weight excluding hydrogens is 571 g/mol. The minimum Gasteiger partial charge on any atom is -0.352 e. The standard InChI is InChI=1S/C30H29ClF3N5O3/c1-16(2)27(40)36-14-18-5-8-23(31)22(11-18)28(41)37-20-6-9-24-19(12-20)13-25(39(24)17(3)4)29(42)38-21-7-10-26(35-15-21)30(32,33)34/h5-13,15-17H,14H2,1-4H3,(H,36,40)(H,37,41)(H,38,42). The molecule has 0 bridgehead atoms. The van der Waals surface area contributed by atoms with Crippen molar-refractivity contribution in [3.8, 4) is 0 Å². The van der Waals surface area contributed by atoms with Crippen LogP contribution in [0.2, 0.25) is 5.02 Å². The van der Waals surface area contributed by atoms with Crippen LogP contribution in [0.5, 0.6) is 0 Å². The fraction of sp³-hybridized carbons (Fsp3) is 0.267. The number of alkyl halides is 3. The molecule has 220 valence electrons. The highest BCUT2D eigenvalue weighted by atomic mass is 35.5. The molecule has 3 amide bonds. The van der Waals surface area contributed by atoms with Crippen LogP contribution in [-0.4, -0.2) is 27.3 Å². The van der Waals surface area contributed by atoms with Gasteiger partial charge in [0.05, 0.1) is 22.5 Å². The average Bonchev–Trinajstić information content (AvgIpc) is 3.31.